The molecular weight excluding hydrogens is 234 g/mol. The number of benzene rings is 1. The van der Waals surface area contributed by atoms with Gasteiger partial charge in [-0.1, -0.05) is 12.1 Å². The topological polar surface area (TPSA) is 95.1 Å². The molecule has 0 aliphatic carbocycles. The van der Waals surface area contributed by atoms with Crippen LogP contribution in [0, 0.1) is 0 Å². The Bertz CT molecular complexity index is 552. The first-order valence-corrected chi connectivity index (χ1v) is 5.31. The van der Waals surface area contributed by atoms with Gasteiger partial charge in [-0.05, 0) is 17.7 Å². The monoisotopic (exact) mass is 247 g/mol. The number of amides is 1. The lowest BCUT2D eigenvalue weighted by atomic mass is 10.2. The highest BCUT2D eigenvalue weighted by Gasteiger charge is 2.08. The number of anilines is 1. The molecule has 1 aromatic carbocycles. The van der Waals surface area contributed by atoms with Gasteiger partial charge < -0.3 is 10.5 Å². The average Bonchev–Trinajstić information content (AvgIpc) is 2.74. The predicted octanol–water partition coefficient (Wildman–Crippen LogP) is 0.885. The van der Waals surface area contributed by atoms with Crippen molar-refractivity contribution in [3.05, 3.63) is 36.2 Å². The highest BCUT2D eigenvalue weighted by molar-refractivity contribution is 5.85. The third kappa shape index (κ3) is 3.05. The summed E-state index contributed by atoms with van der Waals surface area (Å²) in [4.78, 5) is 15.3. The second kappa shape index (κ2) is 5.28. The maximum atomic E-state index is 11.5. The van der Waals surface area contributed by atoms with E-state index in [0.29, 0.717) is 12.2 Å². The number of hydrogen-bond acceptors (Lipinski definition) is 5. The molecule has 0 bridgehead atoms. The van der Waals surface area contributed by atoms with Crippen LogP contribution in [0.4, 0.5) is 10.5 Å². The maximum Gasteiger partial charge on any atom is 0.419 e. The molecule has 7 nitrogen and oxygen atoms in total. The van der Waals surface area contributed by atoms with Crippen molar-refractivity contribution in [3.8, 4) is 6.01 Å². The molecule has 1 heterocycles. The van der Waals surface area contributed by atoms with Crippen LogP contribution in [0.5, 0.6) is 6.01 Å². The van der Waals surface area contributed by atoms with E-state index < -0.39 is 6.09 Å². The van der Waals surface area contributed by atoms with E-state index in [1.165, 1.54) is 11.0 Å². The number of carbonyl (C=O) groups excluding carboxylic acids is 1. The van der Waals surface area contributed by atoms with Gasteiger partial charge in [-0.25, -0.2) is 4.79 Å². The minimum Gasteiger partial charge on any atom is -0.373 e. The molecule has 0 atom stereocenters. The van der Waals surface area contributed by atoms with E-state index in [2.05, 4.69) is 15.4 Å². The summed E-state index contributed by atoms with van der Waals surface area (Å²) in [5.41, 5.74) is 7.04. The van der Waals surface area contributed by atoms with Crippen molar-refractivity contribution in [1.82, 2.24) is 14.8 Å². The van der Waals surface area contributed by atoms with Crippen LogP contribution in [0.2, 0.25) is 0 Å². The van der Waals surface area contributed by atoms with Crippen molar-refractivity contribution in [3.63, 3.8) is 0 Å². The summed E-state index contributed by atoms with van der Waals surface area (Å²) in [6, 6.07) is 7.19. The lowest BCUT2D eigenvalue weighted by molar-refractivity contribution is 0.211. The van der Waals surface area contributed by atoms with Gasteiger partial charge in [0.15, 0.2) is 0 Å². The van der Waals surface area contributed by atoms with Crippen molar-refractivity contribution < 1.29 is 9.53 Å². The molecule has 94 valence electrons. The van der Waals surface area contributed by atoms with Crippen LogP contribution in [0.1, 0.15) is 5.56 Å². The van der Waals surface area contributed by atoms with Crippen molar-refractivity contribution >= 4 is 11.8 Å². The first kappa shape index (κ1) is 12.1. The summed E-state index contributed by atoms with van der Waals surface area (Å²) in [6.45, 7) is 0.409. The number of carbonyl (C=O) groups is 1. The fraction of sp³-hybridized carbons (Fsp3) is 0.182. The number of aromatic nitrogens is 3. The Balaban J connectivity index is 1.98. The van der Waals surface area contributed by atoms with Crippen molar-refractivity contribution in [1.29, 1.82) is 0 Å². The molecule has 0 spiro atoms. The van der Waals surface area contributed by atoms with Gasteiger partial charge in [-0.3, -0.25) is 10.00 Å². The maximum absolute atomic E-state index is 11.5. The van der Waals surface area contributed by atoms with Gasteiger partial charge in [0.2, 0.25) is 0 Å². The Labute approximate surface area is 104 Å². The lowest BCUT2D eigenvalue weighted by Crippen LogP contribution is -2.17. The zero-order valence-corrected chi connectivity index (χ0v) is 9.83. The Morgan fingerprint density at radius 3 is 3.06 bits per heavy atom. The summed E-state index contributed by atoms with van der Waals surface area (Å²) in [5.74, 6) is 0. The molecule has 2 rings (SSSR count). The summed E-state index contributed by atoms with van der Waals surface area (Å²) in [5, 5.41) is 6.40. The number of nitrogens with one attached hydrogen (secondary N) is 1. The van der Waals surface area contributed by atoms with Gasteiger partial charge in [0.05, 0.1) is 0 Å². The first-order chi connectivity index (χ1) is 8.67. The number of hydrogen-bond donors (Lipinski definition) is 2. The van der Waals surface area contributed by atoms with Gasteiger partial charge in [0.25, 0.3) is 0 Å². The van der Waals surface area contributed by atoms with Gasteiger partial charge in [0.1, 0.15) is 6.33 Å². The van der Waals surface area contributed by atoms with E-state index in [0.717, 1.165) is 5.56 Å². The Kier molecular flexibility index (Phi) is 3.54. The highest BCUT2D eigenvalue weighted by atomic mass is 16.6. The molecule has 0 saturated heterocycles. The minimum atomic E-state index is -0.643. The molecular formula is C11H13N5O2. The molecule has 0 radical (unpaired) electrons. The van der Waals surface area contributed by atoms with Crippen molar-refractivity contribution in [2.24, 2.45) is 12.8 Å². The first-order valence-electron chi connectivity index (χ1n) is 5.31. The quantitative estimate of drug-likeness (QED) is 0.839. The summed E-state index contributed by atoms with van der Waals surface area (Å²) < 4.78 is 6.33. The summed E-state index contributed by atoms with van der Waals surface area (Å²) >= 11 is 0. The third-order valence-electron chi connectivity index (χ3n) is 2.17. The molecule has 0 fully saturated rings. The van der Waals surface area contributed by atoms with Gasteiger partial charge in [0, 0.05) is 19.3 Å². The molecule has 1 amide bonds. The zero-order chi connectivity index (χ0) is 13.0. The number of nitrogens with zero attached hydrogens (tertiary/aromatic N) is 3. The van der Waals surface area contributed by atoms with Crippen LogP contribution >= 0.6 is 0 Å². The van der Waals surface area contributed by atoms with Crippen LogP contribution < -0.4 is 15.8 Å². The SMILES string of the molecule is Cn1cnc(OC(=O)Nc2cccc(CN)c2)n1. The van der Waals surface area contributed by atoms with E-state index in [1.54, 1.807) is 25.2 Å². The molecule has 0 aliphatic heterocycles. The number of nitrogens with two attached hydrogens (primary N) is 1. The fourth-order valence-electron chi connectivity index (χ4n) is 1.37. The smallest absolute Gasteiger partial charge is 0.373 e. The summed E-state index contributed by atoms with van der Waals surface area (Å²) in [7, 11) is 1.68. The molecule has 0 saturated carbocycles. The highest BCUT2D eigenvalue weighted by Crippen LogP contribution is 2.10. The van der Waals surface area contributed by atoms with Crippen molar-refractivity contribution in [2.75, 3.05) is 5.32 Å². The Morgan fingerprint density at radius 1 is 1.56 bits per heavy atom. The van der Waals surface area contributed by atoms with E-state index in [-0.39, 0.29) is 6.01 Å². The van der Waals surface area contributed by atoms with E-state index in [1.807, 2.05) is 6.07 Å². The third-order valence-corrected chi connectivity index (χ3v) is 2.17. The second-order valence-electron chi connectivity index (χ2n) is 3.62. The van der Waals surface area contributed by atoms with Crippen LogP contribution in [-0.4, -0.2) is 20.9 Å². The average molecular weight is 247 g/mol. The fourth-order valence-corrected chi connectivity index (χ4v) is 1.37. The molecule has 1 aromatic heterocycles. The number of ether oxygens (including phenoxy) is 1. The zero-order valence-electron chi connectivity index (χ0n) is 9.83. The normalized spacial score (nSPS) is 10.1. The molecule has 0 unspecified atom stereocenters. The molecule has 0 aliphatic rings. The standard InChI is InChI=1S/C11H13N5O2/c1-16-7-13-10(15-16)18-11(17)14-9-4-2-3-8(5-9)6-12/h2-5,7H,6,12H2,1H3,(H,14,17). The van der Waals surface area contributed by atoms with Gasteiger partial charge >= 0.3 is 12.1 Å². The van der Waals surface area contributed by atoms with Crippen LogP contribution in [0.15, 0.2) is 30.6 Å². The summed E-state index contributed by atoms with van der Waals surface area (Å²) in [6.07, 6.45) is 0.799. The van der Waals surface area contributed by atoms with Gasteiger partial charge in [-0.2, -0.15) is 4.98 Å². The second-order valence-corrected chi connectivity index (χ2v) is 3.62. The van der Waals surface area contributed by atoms with Crippen LogP contribution in [-0.2, 0) is 13.6 Å². The molecule has 7 heteroatoms. The van der Waals surface area contributed by atoms with E-state index in [4.69, 9.17) is 10.5 Å². The Morgan fingerprint density at radius 2 is 2.39 bits per heavy atom. The molecule has 2 aromatic rings. The minimum absolute atomic E-state index is 0.00461. The van der Waals surface area contributed by atoms with E-state index in [9.17, 15) is 4.79 Å². The van der Waals surface area contributed by atoms with Crippen LogP contribution in [0.25, 0.3) is 0 Å². The largest absolute Gasteiger partial charge is 0.419 e. The molecule has 18 heavy (non-hydrogen) atoms. The number of rotatable bonds is 3. The van der Waals surface area contributed by atoms with Gasteiger partial charge in [-0.15, -0.1) is 5.10 Å². The van der Waals surface area contributed by atoms with Crippen molar-refractivity contribution in [2.45, 2.75) is 6.54 Å². The molecule has 3 N–H and O–H groups in total. The van der Waals surface area contributed by atoms with E-state index >= 15 is 0 Å². The number of aryl methyl sites for hydroxylation is 1. The lowest BCUT2D eigenvalue weighted by Gasteiger charge is -2.05. The van der Waals surface area contributed by atoms with Crippen LogP contribution in [0.3, 0.4) is 0 Å². The predicted molar refractivity (Wildman–Crippen MR) is 65.0 cm³/mol. The Hall–Kier alpha value is -2.41.